The lowest BCUT2D eigenvalue weighted by Crippen LogP contribution is -2.57. The monoisotopic (exact) mass is 318 g/mol. The molecule has 130 valence electrons. The molecule has 6 heteroatoms. The van der Waals surface area contributed by atoms with Crippen molar-refractivity contribution in [3.8, 4) is 0 Å². The van der Waals surface area contributed by atoms with E-state index in [-0.39, 0.29) is 0 Å². The SMILES string of the molecule is C[N+]1(C[C@@H](O)[C@H](O)[C@@H](O)[C@H](O)C[N+]2(C)CCCC2)CCCC1. The van der Waals surface area contributed by atoms with E-state index >= 15 is 0 Å². The first-order chi connectivity index (χ1) is 10.2. The number of rotatable bonds is 7. The van der Waals surface area contributed by atoms with Gasteiger partial charge in [-0.1, -0.05) is 0 Å². The van der Waals surface area contributed by atoms with Crippen molar-refractivity contribution < 1.29 is 29.4 Å². The zero-order valence-electron chi connectivity index (χ0n) is 14.1. The highest BCUT2D eigenvalue weighted by Crippen LogP contribution is 2.21. The van der Waals surface area contributed by atoms with Gasteiger partial charge in [0.25, 0.3) is 0 Å². The largest absolute Gasteiger partial charge is 0.387 e. The second-order valence-electron chi connectivity index (χ2n) is 8.03. The number of aliphatic hydroxyl groups excluding tert-OH is 4. The standard InChI is InChI=1S/C16H34N2O4/c1-17(7-3-4-8-17)11-13(19)15(21)16(22)14(20)12-18(2)9-5-6-10-18/h13-16,19-22H,3-12H2,1-2H3/q+2/t13-,14-,15+,16+/m1/s1. The molecule has 0 amide bonds. The van der Waals surface area contributed by atoms with Gasteiger partial charge >= 0.3 is 0 Å². The molecule has 4 atom stereocenters. The maximum absolute atomic E-state index is 10.2. The molecule has 0 aromatic carbocycles. The molecular formula is C16H34N2O4+2. The second-order valence-corrected chi connectivity index (χ2v) is 8.03. The molecule has 0 spiro atoms. The van der Waals surface area contributed by atoms with E-state index in [0.29, 0.717) is 13.1 Å². The van der Waals surface area contributed by atoms with Gasteiger partial charge in [-0.05, 0) is 0 Å². The Morgan fingerprint density at radius 3 is 1.18 bits per heavy atom. The zero-order valence-corrected chi connectivity index (χ0v) is 14.1. The second kappa shape index (κ2) is 7.11. The Labute approximate surface area is 133 Å². The van der Waals surface area contributed by atoms with Gasteiger partial charge in [0.15, 0.2) is 0 Å². The van der Waals surface area contributed by atoms with Crippen LogP contribution >= 0.6 is 0 Å². The molecule has 4 N–H and O–H groups in total. The van der Waals surface area contributed by atoms with Crippen LogP contribution in [0.2, 0.25) is 0 Å². The molecule has 2 rings (SSSR count). The molecule has 2 heterocycles. The van der Waals surface area contributed by atoms with Crippen molar-refractivity contribution in [1.29, 1.82) is 0 Å². The first-order valence-electron chi connectivity index (χ1n) is 8.64. The van der Waals surface area contributed by atoms with Gasteiger partial charge < -0.3 is 29.4 Å². The Kier molecular flexibility index (Phi) is 5.85. The fourth-order valence-corrected chi connectivity index (χ4v) is 4.14. The van der Waals surface area contributed by atoms with Crippen molar-refractivity contribution in [3.05, 3.63) is 0 Å². The molecule has 22 heavy (non-hydrogen) atoms. The fraction of sp³-hybridized carbons (Fsp3) is 1.00. The summed E-state index contributed by atoms with van der Waals surface area (Å²) in [5.41, 5.74) is 0. The van der Waals surface area contributed by atoms with Crippen LogP contribution < -0.4 is 0 Å². The van der Waals surface area contributed by atoms with Crippen molar-refractivity contribution in [2.75, 3.05) is 53.4 Å². The third kappa shape index (κ3) is 4.40. The molecule has 0 unspecified atom stereocenters. The lowest BCUT2D eigenvalue weighted by Gasteiger charge is -2.36. The summed E-state index contributed by atoms with van der Waals surface area (Å²) in [6, 6.07) is 0. The summed E-state index contributed by atoms with van der Waals surface area (Å²) in [6.07, 6.45) is -0.0332. The topological polar surface area (TPSA) is 80.9 Å². The fourth-order valence-electron chi connectivity index (χ4n) is 4.14. The van der Waals surface area contributed by atoms with Crippen LogP contribution in [0.25, 0.3) is 0 Å². The van der Waals surface area contributed by atoms with Crippen LogP contribution in [0, 0.1) is 0 Å². The molecule has 2 saturated heterocycles. The van der Waals surface area contributed by atoms with E-state index in [4.69, 9.17) is 0 Å². The van der Waals surface area contributed by atoms with Crippen molar-refractivity contribution in [3.63, 3.8) is 0 Å². The summed E-state index contributed by atoms with van der Waals surface area (Å²) in [5, 5.41) is 40.9. The van der Waals surface area contributed by atoms with E-state index < -0.39 is 24.4 Å². The Bertz CT molecular complexity index is 320. The number of likely N-dealkylation sites (tertiary alicyclic amines) is 2. The van der Waals surface area contributed by atoms with E-state index in [1.807, 2.05) is 0 Å². The molecule has 0 aromatic heterocycles. The normalized spacial score (nSPS) is 29.2. The molecule has 0 aromatic rings. The van der Waals surface area contributed by atoms with Crippen molar-refractivity contribution in [1.82, 2.24) is 0 Å². The van der Waals surface area contributed by atoms with Gasteiger partial charge in [-0.15, -0.1) is 0 Å². The van der Waals surface area contributed by atoms with Gasteiger partial charge in [0.1, 0.15) is 37.5 Å². The summed E-state index contributed by atoms with van der Waals surface area (Å²) in [6.45, 7) is 4.84. The van der Waals surface area contributed by atoms with Crippen LogP contribution in [0.15, 0.2) is 0 Å². The van der Waals surface area contributed by atoms with E-state index in [1.165, 1.54) is 0 Å². The first-order valence-corrected chi connectivity index (χ1v) is 8.64. The number of aliphatic hydroxyl groups is 4. The minimum absolute atomic E-state index is 0.428. The summed E-state index contributed by atoms with van der Waals surface area (Å²) in [4.78, 5) is 0. The minimum Gasteiger partial charge on any atom is -0.387 e. The van der Waals surface area contributed by atoms with Crippen molar-refractivity contribution >= 4 is 0 Å². The molecule has 0 radical (unpaired) electrons. The number of quaternary nitrogens is 2. The minimum atomic E-state index is -1.29. The van der Waals surface area contributed by atoms with Crippen LogP contribution in [0.5, 0.6) is 0 Å². The third-order valence-corrected chi connectivity index (χ3v) is 5.69. The highest BCUT2D eigenvalue weighted by molar-refractivity contribution is 4.81. The van der Waals surface area contributed by atoms with Gasteiger partial charge in [0, 0.05) is 25.7 Å². The van der Waals surface area contributed by atoms with Crippen LogP contribution in [0.1, 0.15) is 25.7 Å². The number of hydrogen-bond acceptors (Lipinski definition) is 4. The van der Waals surface area contributed by atoms with Crippen LogP contribution in [0.3, 0.4) is 0 Å². The Balaban J connectivity index is 1.85. The Hall–Kier alpha value is -0.240. The number of nitrogens with zero attached hydrogens (tertiary/aromatic N) is 2. The molecule has 6 nitrogen and oxygen atoms in total. The van der Waals surface area contributed by atoms with Crippen LogP contribution in [-0.4, -0.2) is 107 Å². The summed E-state index contributed by atoms with van der Waals surface area (Å²) in [5.74, 6) is 0. The number of hydrogen-bond donors (Lipinski definition) is 4. The molecule has 2 aliphatic heterocycles. The van der Waals surface area contributed by atoms with E-state index in [0.717, 1.165) is 60.8 Å². The molecule has 0 bridgehead atoms. The lowest BCUT2D eigenvalue weighted by atomic mass is 10.0. The Morgan fingerprint density at radius 2 is 0.909 bits per heavy atom. The predicted octanol–water partition coefficient (Wildman–Crippen LogP) is -1.09. The van der Waals surface area contributed by atoms with Gasteiger partial charge in [-0.2, -0.15) is 0 Å². The lowest BCUT2D eigenvalue weighted by molar-refractivity contribution is -0.902. The summed E-state index contributed by atoms with van der Waals surface area (Å²) < 4.78 is 1.46. The zero-order chi connectivity index (χ0) is 16.4. The van der Waals surface area contributed by atoms with Crippen LogP contribution in [-0.2, 0) is 0 Å². The average molecular weight is 318 g/mol. The van der Waals surface area contributed by atoms with E-state index in [9.17, 15) is 20.4 Å². The van der Waals surface area contributed by atoms with Gasteiger partial charge in [-0.3, -0.25) is 0 Å². The molecule has 2 aliphatic rings. The highest BCUT2D eigenvalue weighted by atomic mass is 16.4. The van der Waals surface area contributed by atoms with Gasteiger partial charge in [-0.25, -0.2) is 0 Å². The Morgan fingerprint density at radius 1 is 0.636 bits per heavy atom. The number of likely N-dealkylation sites (N-methyl/N-ethyl adjacent to an activating group) is 2. The maximum atomic E-state index is 10.2. The third-order valence-electron chi connectivity index (χ3n) is 5.69. The quantitative estimate of drug-likeness (QED) is 0.450. The van der Waals surface area contributed by atoms with Crippen molar-refractivity contribution in [2.24, 2.45) is 0 Å². The molecule has 0 aliphatic carbocycles. The van der Waals surface area contributed by atoms with Crippen LogP contribution in [0.4, 0.5) is 0 Å². The molecule has 0 saturated carbocycles. The highest BCUT2D eigenvalue weighted by Gasteiger charge is 2.40. The average Bonchev–Trinajstić information content (AvgIpc) is 3.06. The maximum Gasteiger partial charge on any atom is 0.131 e. The predicted molar refractivity (Wildman–Crippen MR) is 84.1 cm³/mol. The van der Waals surface area contributed by atoms with E-state index in [1.54, 1.807) is 0 Å². The smallest absolute Gasteiger partial charge is 0.131 e. The molecule has 2 fully saturated rings. The van der Waals surface area contributed by atoms with Gasteiger partial charge in [0.2, 0.25) is 0 Å². The summed E-state index contributed by atoms with van der Waals surface area (Å²) >= 11 is 0. The van der Waals surface area contributed by atoms with E-state index in [2.05, 4.69) is 14.1 Å². The first kappa shape index (κ1) is 18.1. The van der Waals surface area contributed by atoms with Gasteiger partial charge in [0.05, 0.1) is 40.3 Å². The van der Waals surface area contributed by atoms with Crippen molar-refractivity contribution in [2.45, 2.75) is 50.1 Å². The summed E-state index contributed by atoms with van der Waals surface area (Å²) in [7, 11) is 4.14. The molecular weight excluding hydrogens is 284 g/mol.